The molecule has 0 bridgehead atoms. The summed E-state index contributed by atoms with van der Waals surface area (Å²) in [6.07, 6.45) is 3.61. The Bertz CT molecular complexity index is 603. The van der Waals surface area contributed by atoms with Gasteiger partial charge in [0.25, 0.3) is 0 Å². The van der Waals surface area contributed by atoms with Crippen LogP contribution in [0.5, 0.6) is 11.5 Å². The molecule has 0 unspecified atom stereocenters. The second-order valence-corrected chi connectivity index (χ2v) is 4.33. The van der Waals surface area contributed by atoms with E-state index in [2.05, 4.69) is 11.1 Å². The van der Waals surface area contributed by atoms with Gasteiger partial charge in [-0.05, 0) is 23.6 Å². The Morgan fingerprint density at radius 2 is 1.88 bits per heavy atom. The summed E-state index contributed by atoms with van der Waals surface area (Å²) in [6.45, 7) is 0. The summed E-state index contributed by atoms with van der Waals surface area (Å²) in [7, 11) is 0. The molecule has 0 aliphatic rings. The van der Waals surface area contributed by atoms with E-state index in [0.29, 0.717) is 0 Å². The van der Waals surface area contributed by atoms with Gasteiger partial charge in [-0.2, -0.15) is 0 Å². The molecule has 0 amide bonds. The van der Waals surface area contributed by atoms with Crippen LogP contribution in [0.15, 0.2) is 54.2 Å². The highest BCUT2D eigenvalue weighted by Gasteiger charge is 2.04. The van der Waals surface area contributed by atoms with Gasteiger partial charge in [0, 0.05) is 11.6 Å². The molecule has 2 aromatic heterocycles. The molecule has 0 saturated carbocycles. The van der Waals surface area contributed by atoms with Crippen LogP contribution >= 0.6 is 11.3 Å². The van der Waals surface area contributed by atoms with Gasteiger partial charge in [-0.15, -0.1) is 11.3 Å². The third kappa shape index (κ3) is 1.66. The fraction of sp³-hybridized carbons (Fsp3) is 0. The van der Waals surface area contributed by atoms with Gasteiger partial charge in [0.15, 0.2) is 5.75 Å². The maximum absolute atomic E-state index is 5.79. The number of hydrogen-bond acceptors (Lipinski definition) is 3. The summed E-state index contributed by atoms with van der Waals surface area (Å²) in [4.78, 5) is 4.17. The van der Waals surface area contributed by atoms with Crippen molar-refractivity contribution in [3.63, 3.8) is 0 Å². The number of para-hydroxylation sites is 1. The van der Waals surface area contributed by atoms with Crippen LogP contribution in [-0.4, -0.2) is 4.98 Å². The zero-order chi connectivity index (χ0) is 10.8. The minimum Gasteiger partial charge on any atom is -0.455 e. The SMILES string of the molecule is c1ccc(Oc2cncc3sccc23)cc1. The first kappa shape index (κ1) is 9.36. The van der Waals surface area contributed by atoms with E-state index >= 15 is 0 Å². The van der Waals surface area contributed by atoms with Crippen molar-refractivity contribution >= 4 is 21.4 Å². The van der Waals surface area contributed by atoms with Crippen molar-refractivity contribution in [1.29, 1.82) is 0 Å². The first-order chi connectivity index (χ1) is 7.93. The molecule has 0 spiro atoms. The van der Waals surface area contributed by atoms with Crippen molar-refractivity contribution < 1.29 is 4.74 Å². The molecule has 3 rings (SSSR count). The lowest BCUT2D eigenvalue weighted by molar-refractivity contribution is 0.486. The summed E-state index contributed by atoms with van der Waals surface area (Å²) in [6, 6.07) is 11.8. The number of thiophene rings is 1. The maximum Gasteiger partial charge on any atom is 0.154 e. The number of nitrogens with zero attached hydrogens (tertiary/aromatic N) is 1. The number of pyridine rings is 1. The predicted octanol–water partition coefficient (Wildman–Crippen LogP) is 4.09. The van der Waals surface area contributed by atoms with Gasteiger partial charge < -0.3 is 4.74 Å². The van der Waals surface area contributed by atoms with E-state index in [1.54, 1.807) is 17.5 Å². The molecule has 78 valence electrons. The van der Waals surface area contributed by atoms with Crippen molar-refractivity contribution in [3.05, 3.63) is 54.2 Å². The highest BCUT2D eigenvalue weighted by molar-refractivity contribution is 7.17. The topological polar surface area (TPSA) is 22.1 Å². The van der Waals surface area contributed by atoms with Gasteiger partial charge in [0.1, 0.15) is 5.75 Å². The van der Waals surface area contributed by atoms with Crippen LogP contribution in [0, 0.1) is 0 Å². The smallest absolute Gasteiger partial charge is 0.154 e. The number of ether oxygens (including phenoxy) is 1. The Morgan fingerprint density at radius 1 is 1.00 bits per heavy atom. The molecule has 0 aliphatic heterocycles. The first-order valence-electron chi connectivity index (χ1n) is 4.97. The summed E-state index contributed by atoms with van der Waals surface area (Å²) in [5.74, 6) is 1.65. The number of aromatic nitrogens is 1. The number of rotatable bonds is 2. The van der Waals surface area contributed by atoms with Gasteiger partial charge in [-0.1, -0.05) is 18.2 Å². The van der Waals surface area contributed by atoms with E-state index in [4.69, 9.17) is 4.74 Å². The van der Waals surface area contributed by atoms with E-state index in [0.717, 1.165) is 21.6 Å². The van der Waals surface area contributed by atoms with E-state index in [9.17, 15) is 0 Å². The van der Waals surface area contributed by atoms with E-state index in [1.807, 2.05) is 41.9 Å². The van der Waals surface area contributed by atoms with Crippen molar-refractivity contribution in [3.8, 4) is 11.5 Å². The molecule has 3 heteroatoms. The predicted molar refractivity (Wildman–Crippen MR) is 66.1 cm³/mol. The second-order valence-electron chi connectivity index (χ2n) is 3.39. The third-order valence-corrected chi connectivity index (χ3v) is 3.17. The number of fused-ring (bicyclic) bond motifs is 1. The minimum atomic E-state index is 0.810. The Kier molecular flexibility index (Phi) is 2.31. The summed E-state index contributed by atoms with van der Waals surface area (Å²) < 4.78 is 6.94. The summed E-state index contributed by atoms with van der Waals surface area (Å²) >= 11 is 1.67. The third-order valence-electron chi connectivity index (χ3n) is 2.32. The van der Waals surface area contributed by atoms with Crippen LogP contribution in [0.3, 0.4) is 0 Å². The van der Waals surface area contributed by atoms with Crippen molar-refractivity contribution in [2.75, 3.05) is 0 Å². The normalized spacial score (nSPS) is 10.5. The fourth-order valence-corrected chi connectivity index (χ4v) is 2.33. The average Bonchev–Trinajstić information content (AvgIpc) is 2.80. The van der Waals surface area contributed by atoms with Gasteiger partial charge >= 0.3 is 0 Å². The highest BCUT2D eigenvalue weighted by atomic mass is 32.1. The van der Waals surface area contributed by atoms with Crippen LogP contribution in [0.25, 0.3) is 10.1 Å². The number of benzene rings is 1. The molecule has 3 aromatic rings. The number of hydrogen-bond donors (Lipinski definition) is 0. The molecule has 0 fully saturated rings. The molecule has 0 N–H and O–H groups in total. The van der Waals surface area contributed by atoms with Crippen LogP contribution in [0.1, 0.15) is 0 Å². The van der Waals surface area contributed by atoms with Gasteiger partial charge in [0.2, 0.25) is 0 Å². The lowest BCUT2D eigenvalue weighted by atomic mass is 10.3. The maximum atomic E-state index is 5.79. The average molecular weight is 227 g/mol. The van der Waals surface area contributed by atoms with Crippen molar-refractivity contribution in [2.45, 2.75) is 0 Å². The first-order valence-corrected chi connectivity index (χ1v) is 5.85. The molecule has 1 aromatic carbocycles. The van der Waals surface area contributed by atoms with Crippen LogP contribution < -0.4 is 4.74 Å². The largest absolute Gasteiger partial charge is 0.455 e. The second kappa shape index (κ2) is 3.94. The molecule has 0 atom stereocenters. The molecule has 2 nitrogen and oxygen atoms in total. The van der Waals surface area contributed by atoms with Crippen LogP contribution in [0.2, 0.25) is 0 Å². The highest BCUT2D eigenvalue weighted by Crippen LogP contribution is 2.31. The molecule has 0 radical (unpaired) electrons. The Morgan fingerprint density at radius 3 is 2.75 bits per heavy atom. The fourth-order valence-electron chi connectivity index (χ4n) is 1.56. The molecule has 0 aliphatic carbocycles. The molecule has 2 heterocycles. The summed E-state index contributed by atoms with van der Waals surface area (Å²) in [5, 5.41) is 3.16. The van der Waals surface area contributed by atoms with Crippen molar-refractivity contribution in [1.82, 2.24) is 4.98 Å². The van der Waals surface area contributed by atoms with Crippen LogP contribution in [-0.2, 0) is 0 Å². The van der Waals surface area contributed by atoms with E-state index in [-0.39, 0.29) is 0 Å². The van der Waals surface area contributed by atoms with Gasteiger partial charge in [-0.25, -0.2) is 0 Å². The Labute approximate surface area is 97.1 Å². The van der Waals surface area contributed by atoms with Crippen LogP contribution in [0.4, 0.5) is 0 Å². The standard InChI is InChI=1S/C13H9NOS/c1-2-4-10(5-3-1)15-12-8-14-9-13-11(12)6-7-16-13/h1-9H. The summed E-state index contributed by atoms with van der Waals surface area (Å²) in [5.41, 5.74) is 0. The Hall–Kier alpha value is -1.87. The zero-order valence-electron chi connectivity index (χ0n) is 8.46. The van der Waals surface area contributed by atoms with E-state index < -0.39 is 0 Å². The molecule has 0 saturated heterocycles. The Balaban J connectivity index is 2.04. The van der Waals surface area contributed by atoms with Gasteiger partial charge in [-0.3, -0.25) is 4.98 Å². The van der Waals surface area contributed by atoms with Crippen molar-refractivity contribution in [2.24, 2.45) is 0 Å². The monoisotopic (exact) mass is 227 g/mol. The molecule has 16 heavy (non-hydrogen) atoms. The lowest BCUT2D eigenvalue weighted by Crippen LogP contribution is -1.84. The molecular formula is C13H9NOS. The van der Waals surface area contributed by atoms with Gasteiger partial charge in [0.05, 0.1) is 10.9 Å². The van der Waals surface area contributed by atoms with E-state index in [1.165, 1.54) is 0 Å². The minimum absolute atomic E-state index is 0.810. The lowest BCUT2D eigenvalue weighted by Gasteiger charge is -2.05. The quantitative estimate of drug-likeness (QED) is 0.658. The zero-order valence-corrected chi connectivity index (χ0v) is 9.28. The molecular weight excluding hydrogens is 218 g/mol.